The molecule has 0 aliphatic heterocycles. The highest BCUT2D eigenvalue weighted by atomic mass is 32.2. The minimum Gasteiger partial charge on any atom is -0.251 e. The smallest absolute Gasteiger partial charge is 0.0955 e. The Hall–Kier alpha value is -0.150. The monoisotopic (exact) mass is 147 g/mol. The van der Waals surface area contributed by atoms with Crippen molar-refractivity contribution in [3.05, 3.63) is 12.2 Å². The highest BCUT2D eigenvalue weighted by Crippen LogP contribution is 1.92. The molecule has 0 spiro atoms. The minimum atomic E-state index is -1.20. The zero-order valence-corrected chi connectivity index (χ0v) is 6.65. The molecular weight excluding hydrogens is 134 g/mol. The Balaban J connectivity index is 3.62. The van der Waals surface area contributed by atoms with Gasteiger partial charge in [-0.25, -0.2) is 4.21 Å². The molecule has 0 bridgehead atoms. The molecule has 2 nitrogen and oxygen atoms in total. The van der Waals surface area contributed by atoms with Crippen molar-refractivity contribution in [3.63, 3.8) is 0 Å². The highest BCUT2D eigenvalue weighted by molar-refractivity contribution is 7.83. The van der Waals surface area contributed by atoms with Crippen molar-refractivity contribution < 1.29 is 4.21 Å². The van der Waals surface area contributed by atoms with E-state index in [1.165, 1.54) is 0 Å². The summed E-state index contributed by atoms with van der Waals surface area (Å²) in [5.74, 6) is 0. The van der Waals surface area contributed by atoms with E-state index in [0.29, 0.717) is 0 Å². The van der Waals surface area contributed by atoms with Gasteiger partial charge in [0.25, 0.3) is 0 Å². The van der Waals surface area contributed by atoms with Gasteiger partial charge in [0.05, 0.1) is 16.2 Å². The van der Waals surface area contributed by atoms with Gasteiger partial charge in [-0.05, 0) is 13.3 Å². The van der Waals surface area contributed by atoms with E-state index in [9.17, 15) is 4.21 Å². The third kappa shape index (κ3) is 4.36. The molecule has 0 saturated carbocycles. The fourth-order valence-electron chi connectivity index (χ4n) is 0.405. The first-order valence-corrected chi connectivity index (χ1v) is 4.27. The second-order valence-electron chi connectivity index (χ2n) is 1.87. The van der Waals surface area contributed by atoms with Crippen LogP contribution in [0.2, 0.25) is 0 Å². The lowest BCUT2D eigenvalue weighted by molar-refractivity contribution is 0.681. The zero-order valence-electron chi connectivity index (χ0n) is 5.83. The summed E-state index contributed by atoms with van der Waals surface area (Å²) >= 11 is 0. The van der Waals surface area contributed by atoms with E-state index in [2.05, 4.69) is 0 Å². The molecule has 54 valence electrons. The van der Waals surface area contributed by atoms with Crippen LogP contribution in [0.15, 0.2) is 12.2 Å². The van der Waals surface area contributed by atoms with Crippen LogP contribution in [0.4, 0.5) is 0 Å². The SMILES string of the molecule is CCC=CC(C)S(N)=O. The molecule has 0 aromatic rings. The van der Waals surface area contributed by atoms with E-state index >= 15 is 0 Å². The Kier molecular flexibility index (Phi) is 4.62. The minimum absolute atomic E-state index is 0.00931. The predicted octanol–water partition coefficient (Wildman–Crippen LogP) is 0.964. The van der Waals surface area contributed by atoms with Crippen LogP contribution in [-0.2, 0) is 11.0 Å². The number of allylic oxidation sites excluding steroid dienone is 1. The molecule has 3 heteroatoms. The first-order chi connectivity index (χ1) is 4.18. The van der Waals surface area contributed by atoms with Gasteiger partial charge in [0.2, 0.25) is 0 Å². The van der Waals surface area contributed by atoms with Crippen LogP contribution in [0, 0.1) is 0 Å². The lowest BCUT2D eigenvalue weighted by Crippen LogP contribution is -2.15. The maximum Gasteiger partial charge on any atom is 0.0955 e. The summed E-state index contributed by atoms with van der Waals surface area (Å²) < 4.78 is 10.5. The lowest BCUT2D eigenvalue weighted by atomic mass is 10.3. The number of hydrogen-bond donors (Lipinski definition) is 1. The Labute approximate surface area is 58.7 Å². The van der Waals surface area contributed by atoms with Crippen LogP contribution in [0.5, 0.6) is 0 Å². The molecule has 0 saturated heterocycles. The third-order valence-electron chi connectivity index (χ3n) is 1.01. The summed E-state index contributed by atoms with van der Waals surface area (Å²) in [7, 11) is -1.20. The second-order valence-corrected chi connectivity index (χ2v) is 3.27. The van der Waals surface area contributed by atoms with Crippen molar-refractivity contribution in [1.82, 2.24) is 0 Å². The van der Waals surface area contributed by atoms with Gasteiger partial charge in [-0.2, -0.15) is 0 Å². The third-order valence-corrected chi connectivity index (χ3v) is 1.90. The zero-order chi connectivity index (χ0) is 7.28. The maximum absolute atomic E-state index is 10.5. The van der Waals surface area contributed by atoms with Gasteiger partial charge in [-0.3, -0.25) is 5.14 Å². The van der Waals surface area contributed by atoms with Gasteiger partial charge in [0.1, 0.15) is 0 Å². The van der Waals surface area contributed by atoms with E-state index in [4.69, 9.17) is 5.14 Å². The summed E-state index contributed by atoms with van der Waals surface area (Å²) in [5.41, 5.74) is 0. The number of nitrogens with two attached hydrogens (primary N) is 1. The molecule has 0 aromatic heterocycles. The van der Waals surface area contributed by atoms with E-state index < -0.39 is 11.0 Å². The first-order valence-electron chi connectivity index (χ1n) is 3.00. The van der Waals surface area contributed by atoms with Crippen molar-refractivity contribution >= 4 is 11.0 Å². The summed E-state index contributed by atoms with van der Waals surface area (Å²) in [6.45, 7) is 3.87. The summed E-state index contributed by atoms with van der Waals surface area (Å²) in [4.78, 5) is 0. The normalized spacial score (nSPS) is 18.1. The largest absolute Gasteiger partial charge is 0.251 e. The van der Waals surface area contributed by atoms with Crippen molar-refractivity contribution in [2.45, 2.75) is 25.5 Å². The standard InChI is InChI=1S/C6H13NOS/c1-3-4-5-6(2)9(7)8/h4-6H,3,7H2,1-2H3. The predicted molar refractivity (Wildman–Crippen MR) is 41.2 cm³/mol. The average molecular weight is 147 g/mol. The second kappa shape index (κ2) is 4.70. The van der Waals surface area contributed by atoms with Gasteiger partial charge in [0.15, 0.2) is 0 Å². The molecule has 0 rings (SSSR count). The molecule has 0 amide bonds. The Morgan fingerprint density at radius 1 is 1.78 bits per heavy atom. The highest BCUT2D eigenvalue weighted by Gasteiger charge is 1.98. The van der Waals surface area contributed by atoms with Crippen molar-refractivity contribution in [2.24, 2.45) is 5.14 Å². The average Bonchev–Trinajstić information content (AvgIpc) is 1.82. The van der Waals surface area contributed by atoms with Crippen LogP contribution >= 0.6 is 0 Å². The molecular formula is C6H13NOS. The van der Waals surface area contributed by atoms with Crippen LogP contribution in [0.25, 0.3) is 0 Å². The molecule has 0 radical (unpaired) electrons. The van der Waals surface area contributed by atoms with E-state index in [-0.39, 0.29) is 5.25 Å². The first kappa shape index (κ1) is 8.85. The van der Waals surface area contributed by atoms with Gasteiger partial charge >= 0.3 is 0 Å². The van der Waals surface area contributed by atoms with E-state index in [1.54, 1.807) is 0 Å². The van der Waals surface area contributed by atoms with Crippen molar-refractivity contribution in [3.8, 4) is 0 Å². The fourth-order valence-corrected chi connectivity index (χ4v) is 0.671. The molecule has 2 atom stereocenters. The maximum atomic E-state index is 10.5. The molecule has 0 fully saturated rings. The van der Waals surface area contributed by atoms with E-state index in [0.717, 1.165) is 6.42 Å². The Morgan fingerprint density at radius 3 is 2.67 bits per heavy atom. The van der Waals surface area contributed by atoms with Gasteiger partial charge in [-0.15, -0.1) is 0 Å². The Bertz CT molecular complexity index is 122. The molecule has 0 heterocycles. The van der Waals surface area contributed by atoms with Crippen LogP contribution in [0.1, 0.15) is 20.3 Å². The summed E-state index contributed by atoms with van der Waals surface area (Å²) in [6.07, 6.45) is 4.81. The topological polar surface area (TPSA) is 43.1 Å². The van der Waals surface area contributed by atoms with Gasteiger partial charge in [-0.1, -0.05) is 19.1 Å². The number of rotatable bonds is 3. The lowest BCUT2D eigenvalue weighted by Gasteiger charge is -1.97. The molecule has 2 unspecified atom stereocenters. The fraction of sp³-hybridized carbons (Fsp3) is 0.667. The molecule has 0 aliphatic carbocycles. The molecule has 2 N–H and O–H groups in total. The molecule has 0 aliphatic rings. The molecule has 0 aromatic carbocycles. The van der Waals surface area contributed by atoms with Gasteiger partial charge in [0, 0.05) is 0 Å². The van der Waals surface area contributed by atoms with Crippen LogP contribution < -0.4 is 5.14 Å². The Morgan fingerprint density at radius 2 is 2.33 bits per heavy atom. The van der Waals surface area contributed by atoms with E-state index in [1.807, 2.05) is 26.0 Å². The number of hydrogen-bond acceptors (Lipinski definition) is 1. The molecule has 9 heavy (non-hydrogen) atoms. The van der Waals surface area contributed by atoms with Gasteiger partial charge < -0.3 is 0 Å². The quantitative estimate of drug-likeness (QED) is 0.594. The summed E-state index contributed by atoms with van der Waals surface area (Å²) in [5, 5.41) is 5.09. The van der Waals surface area contributed by atoms with Crippen molar-refractivity contribution in [1.29, 1.82) is 0 Å². The summed E-state index contributed by atoms with van der Waals surface area (Å²) in [6, 6.07) is 0. The van der Waals surface area contributed by atoms with Crippen LogP contribution in [0.3, 0.4) is 0 Å². The van der Waals surface area contributed by atoms with Crippen LogP contribution in [-0.4, -0.2) is 9.46 Å². The van der Waals surface area contributed by atoms with Crippen molar-refractivity contribution in [2.75, 3.05) is 0 Å².